The first kappa shape index (κ1) is 17.5. The van der Waals surface area contributed by atoms with Crippen LogP contribution in [0.5, 0.6) is 0 Å². The maximum Gasteiger partial charge on any atom is 0.328 e. The fourth-order valence-electron chi connectivity index (χ4n) is 3.47. The number of urea groups is 1. The molecule has 0 atom stereocenters. The molecule has 0 spiro atoms. The minimum Gasteiger partial charge on any atom is -0.478 e. The summed E-state index contributed by atoms with van der Waals surface area (Å²) in [5, 5.41) is 12.0. The molecular formula is C19H25N3O3. The summed E-state index contributed by atoms with van der Waals surface area (Å²) in [7, 11) is 0. The van der Waals surface area contributed by atoms with Gasteiger partial charge in [0.2, 0.25) is 0 Å². The Labute approximate surface area is 148 Å². The van der Waals surface area contributed by atoms with Gasteiger partial charge in [-0.05, 0) is 62.0 Å². The van der Waals surface area contributed by atoms with Crippen LogP contribution in [0.15, 0.2) is 30.3 Å². The lowest BCUT2D eigenvalue weighted by Gasteiger charge is -2.25. The fraction of sp³-hybridized carbons (Fsp3) is 0.474. The van der Waals surface area contributed by atoms with E-state index in [0.717, 1.165) is 55.8 Å². The van der Waals surface area contributed by atoms with Gasteiger partial charge in [0, 0.05) is 31.4 Å². The number of rotatable bonds is 6. The summed E-state index contributed by atoms with van der Waals surface area (Å²) in [5.74, 6) is -0.244. The number of carboxylic acids is 1. The van der Waals surface area contributed by atoms with Crippen molar-refractivity contribution in [3.05, 3.63) is 35.9 Å². The molecule has 2 aliphatic heterocycles. The molecule has 6 nitrogen and oxygen atoms in total. The summed E-state index contributed by atoms with van der Waals surface area (Å²) in [5.41, 5.74) is 1.67. The Hall–Kier alpha value is -2.34. The Morgan fingerprint density at radius 1 is 1.20 bits per heavy atom. The molecule has 134 valence electrons. The van der Waals surface area contributed by atoms with E-state index in [2.05, 4.69) is 5.32 Å². The number of anilines is 1. The van der Waals surface area contributed by atoms with Crippen molar-refractivity contribution in [3.63, 3.8) is 0 Å². The number of hydrogen-bond donors (Lipinski definition) is 2. The second kappa shape index (κ2) is 8.16. The third-order valence-electron chi connectivity index (χ3n) is 4.98. The number of hydrogen-bond acceptors (Lipinski definition) is 3. The van der Waals surface area contributed by atoms with Gasteiger partial charge in [-0.3, -0.25) is 4.90 Å². The summed E-state index contributed by atoms with van der Waals surface area (Å²) in [4.78, 5) is 26.9. The van der Waals surface area contributed by atoms with Gasteiger partial charge in [0.15, 0.2) is 0 Å². The van der Waals surface area contributed by atoms with Crippen molar-refractivity contribution >= 4 is 23.8 Å². The first-order valence-electron chi connectivity index (χ1n) is 8.92. The highest BCUT2D eigenvalue weighted by Gasteiger charge is 2.29. The van der Waals surface area contributed by atoms with Crippen molar-refractivity contribution in [2.45, 2.75) is 19.3 Å². The minimum absolute atomic E-state index is 0.0720. The Kier molecular flexibility index (Phi) is 5.71. The molecule has 3 rings (SSSR count). The quantitative estimate of drug-likeness (QED) is 0.778. The van der Waals surface area contributed by atoms with Crippen molar-refractivity contribution in [1.29, 1.82) is 0 Å². The zero-order chi connectivity index (χ0) is 17.6. The Bertz CT molecular complexity index is 636. The molecule has 0 aliphatic carbocycles. The molecule has 2 saturated heterocycles. The van der Waals surface area contributed by atoms with Crippen molar-refractivity contribution in [1.82, 2.24) is 10.2 Å². The molecule has 2 fully saturated rings. The van der Waals surface area contributed by atoms with Gasteiger partial charge in [-0.25, -0.2) is 9.59 Å². The fourth-order valence-corrected chi connectivity index (χ4v) is 3.47. The van der Waals surface area contributed by atoms with Crippen LogP contribution in [-0.2, 0) is 4.79 Å². The standard InChI is InChI=1S/C19H25N3O3/c23-18(24)6-3-15-1-4-17(5-2-15)22-14-13-21(19(22)25)12-9-16-7-10-20-11-8-16/h1-6,16,20H,7-14H2,(H,23,24). The normalized spacial score (nSPS) is 19.1. The molecule has 0 saturated carbocycles. The average Bonchev–Trinajstić information content (AvgIpc) is 3.00. The van der Waals surface area contributed by atoms with Gasteiger partial charge in [-0.2, -0.15) is 0 Å². The molecule has 0 bridgehead atoms. The zero-order valence-electron chi connectivity index (χ0n) is 14.4. The number of nitrogens with one attached hydrogen (secondary N) is 1. The van der Waals surface area contributed by atoms with Crippen LogP contribution in [0.3, 0.4) is 0 Å². The van der Waals surface area contributed by atoms with E-state index in [4.69, 9.17) is 5.11 Å². The van der Waals surface area contributed by atoms with Gasteiger partial charge in [0.25, 0.3) is 0 Å². The number of aliphatic carboxylic acids is 1. The third kappa shape index (κ3) is 4.60. The highest BCUT2D eigenvalue weighted by molar-refractivity contribution is 5.94. The van der Waals surface area contributed by atoms with Crippen molar-refractivity contribution in [2.75, 3.05) is 37.6 Å². The summed E-state index contributed by atoms with van der Waals surface area (Å²) in [6, 6.07) is 7.48. The lowest BCUT2D eigenvalue weighted by Crippen LogP contribution is -2.34. The number of benzene rings is 1. The third-order valence-corrected chi connectivity index (χ3v) is 4.98. The van der Waals surface area contributed by atoms with E-state index < -0.39 is 5.97 Å². The second-order valence-corrected chi connectivity index (χ2v) is 6.67. The maximum atomic E-state index is 12.6. The van der Waals surface area contributed by atoms with Crippen LogP contribution in [0, 0.1) is 5.92 Å². The molecule has 25 heavy (non-hydrogen) atoms. The molecule has 1 aromatic rings. The number of piperidine rings is 1. The molecule has 0 radical (unpaired) electrons. The lowest BCUT2D eigenvalue weighted by atomic mass is 9.94. The van der Waals surface area contributed by atoms with Crippen molar-refractivity contribution in [3.8, 4) is 0 Å². The number of carbonyl (C=O) groups excluding carboxylic acids is 1. The molecule has 2 amide bonds. The van der Waals surface area contributed by atoms with E-state index in [0.29, 0.717) is 6.54 Å². The van der Waals surface area contributed by atoms with Gasteiger partial charge < -0.3 is 15.3 Å². The number of nitrogens with zero attached hydrogens (tertiary/aromatic N) is 2. The van der Waals surface area contributed by atoms with E-state index >= 15 is 0 Å². The molecule has 1 aromatic carbocycles. The van der Waals surface area contributed by atoms with Crippen LogP contribution >= 0.6 is 0 Å². The molecule has 0 unspecified atom stereocenters. The Morgan fingerprint density at radius 2 is 1.92 bits per heavy atom. The van der Waals surface area contributed by atoms with E-state index in [9.17, 15) is 9.59 Å². The molecular weight excluding hydrogens is 318 g/mol. The van der Waals surface area contributed by atoms with Crippen molar-refractivity contribution in [2.24, 2.45) is 5.92 Å². The highest BCUT2D eigenvalue weighted by Crippen LogP contribution is 2.23. The van der Waals surface area contributed by atoms with Crippen LogP contribution < -0.4 is 10.2 Å². The van der Waals surface area contributed by atoms with Crippen LogP contribution in [0.25, 0.3) is 6.08 Å². The summed E-state index contributed by atoms with van der Waals surface area (Å²) >= 11 is 0. The van der Waals surface area contributed by atoms with Crippen LogP contribution in [-0.4, -0.2) is 54.7 Å². The predicted molar refractivity (Wildman–Crippen MR) is 97.6 cm³/mol. The summed E-state index contributed by atoms with van der Waals surface area (Å²) < 4.78 is 0. The van der Waals surface area contributed by atoms with E-state index in [1.54, 1.807) is 11.0 Å². The van der Waals surface area contributed by atoms with Crippen LogP contribution in [0.2, 0.25) is 0 Å². The monoisotopic (exact) mass is 343 g/mol. The predicted octanol–water partition coefficient (Wildman–Crippen LogP) is 2.42. The SMILES string of the molecule is O=C(O)C=Cc1ccc(N2CCN(CCC3CCNCC3)C2=O)cc1. The lowest BCUT2D eigenvalue weighted by molar-refractivity contribution is -0.131. The van der Waals surface area contributed by atoms with Gasteiger partial charge >= 0.3 is 12.0 Å². The van der Waals surface area contributed by atoms with Crippen molar-refractivity contribution < 1.29 is 14.7 Å². The smallest absolute Gasteiger partial charge is 0.328 e. The molecule has 6 heteroatoms. The summed E-state index contributed by atoms with van der Waals surface area (Å²) in [6.07, 6.45) is 6.15. The topological polar surface area (TPSA) is 72.9 Å². The van der Waals surface area contributed by atoms with Gasteiger partial charge in [-0.15, -0.1) is 0 Å². The molecule has 2 N–H and O–H groups in total. The highest BCUT2D eigenvalue weighted by atomic mass is 16.4. The Morgan fingerprint density at radius 3 is 2.60 bits per heavy atom. The minimum atomic E-state index is -0.969. The molecule has 2 heterocycles. The van der Waals surface area contributed by atoms with E-state index in [1.807, 2.05) is 29.2 Å². The first-order valence-corrected chi connectivity index (χ1v) is 8.92. The zero-order valence-corrected chi connectivity index (χ0v) is 14.4. The summed E-state index contributed by atoms with van der Waals surface area (Å²) in [6.45, 7) is 4.49. The number of amides is 2. The maximum absolute atomic E-state index is 12.6. The number of carbonyl (C=O) groups is 2. The molecule has 0 aromatic heterocycles. The first-order chi connectivity index (χ1) is 12.1. The van der Waals surface area contributed by atoms with Gasteiger partial charge in [0.05, 0.1) is 0 Å². The molecule has 2 aliphatic rings. The second-order valence-electron chi connectivity index (χ2n) is 6.67. The average molecular weight is 343 g/mol. The van der Waals surface area contributed by atoms with Gasteiger partial charge in [-0.1, -0.05) is 12.1 Å². The van der Waals surface area contributed by atoms with Crippen LogP contribution in [0.1, 0.15) is 24.8 Å². The number of carboxylic acid groups (broad SMARTS) is 1. The van der Waals surface area contributed by atoms with E-state index in [-0.39, 0.29) is 6.03 Å². The van der Waals surface area contributed by atoms with Crippen LogP contribution in [0.4, 0.5) is 10.5 Å². The van der Waals surface area contributed by atoms with E-state index in [1.165, 1.54) is 12.8 Å². The Balaban J connectivity index is 1.55. The van der Waals surface area contributed by atoms with Gasteiger partial charge in [0.1, 0.15) is 0 Å². The largest absolute Gasteiger partial charge is 0.478 e.